The maximum atomic E-state index is 11.8. The lowest BCUT2D eigenvalue weighted by Crippen LogP contribution is -2.42. The molecule has 0 aromatic heterocycles. The Morgan fingerprint density at radius 2 is 2.00 bits per heavy atom. The van der Waals surface area contributed by atoms with E-state index in [1.54, 1.807) is 0 Å². The minimum atomic E-state index is -0.0719. The number of thiocarbonyl (C=S) groups is 1. The van der Waals surface area contributed by atoms with Crippen molar-refractivity contribution in [1.29, 1.82) is 0 Å². The summed E-state index contributed by atoms with van der Waals surface area (Å²) in [7, 11) is 0. The number of nitrogens with one attached hydrogen (secondary N) is 1. The smallest absolute Gasteiger partial charge is 0.309 e. The van der Waals surface area contributed by atoms with E-state index in [1.807, 2.05) is 19.1 Å². The van der Waals surface area contributed by atoms with Crippen molar-refractivity contribution in [3.63, 3.8) is 0 Å². The molecule has 1 saturated heterocycles. The zero-order valence-electron chi connectivity index (χ0n) is 13.3. The number of ether oxygens (including phenoxy) is 1. The van der Waals surface area contributed by atoms with Crippen molar-refractivity contribution in [2.45, 2.75) is 33.1 Å². The second kappa shape index (κ2) is 8.13. The van der Waals surface area contributed by atoms with E-state index >= 15 is 0 Å². The van der Waals surface area contributed by atoms with Crippen molar-refractivity contribution < 1.29 is 9.53 Å². The fraction of sp³-hybridized carbons (Fsp3) is 0.529. The van der Waals surface area contributed by atoms with Gasteiger partial charge >= 0.3 is 5.97 Å². The molecule has 1 fully saturated rings. The van der Waals surface area contributed by atoms with Gasteiger partial charge in [-0.05, 0) is 50.0 Å². The number of benzene rings is 1. The van der Waals surface area contributed by atoms with Crippen LogP contribution in [0.1, 0.15) is 32.3 Å². The number of likely N-dealkylation sites (tertiary alicyclic amines) is 1. The highest BCUT2D eigenvalue weighted by Crippen LogP contribution is 2.21. The molecule has 1 N–H and O–H groups in total. The van der Waals surface area contributed by atoms with Crippen molar-refractivity contribution in [3.8, 4) is 0 Å². The Hall–Kier alpha value is -1.62. The summed E-state index contributed by atoms with van der Waals surface area (Å²) in [5, 5.41) is 4.08. The molecule has 0 radical (unpaired) electrons. The molecule has 0 spiro atoms. The third-order valence-corrected chi connectivity index (χ3v) is 4.40. The Balaban J connectivity index is 1.89. The van der Waals surface area contributed by atoms with Crippen LogP contribution in [-0.2, 0) is 16.0 Å². The summed E-state index contributed by atoms with van der Waals surface area (Å²) in [6.07, 6.45) is 2.57. The number of hydrogen-bond donors (Lipinski definition) is 1. The number of esters is 1. The van der Waals surface area contributed by atoms with Gasteiger partial charge in [0.1, 0.15) is 0 Å². The largest absolute Gasteiger partial charge is 0.466 e. The summed E-state index contributed by atoms with van der Waals surface area (Å²) in [4.78, 5) is 13.9. The van der Waals surface area contributed by atoms with Crippen molar-refractivity contribution in [1.82, 2.24) is 4.90 Å². The molecular weight excluding hydrogens is 296 g/mol. The van der Waals surface area contributed by atoms with Crippen molar-refractivity contribution in [2.75, 3.05) is 25.0 Å². The van der Waals surface area contributed by atoms with E-state index in [1.165, 1.54) is 5.56 Å². The van der Waals surface area contributed by atoms with Crippen LogP contribution in [0, 0.1) is 5.92 Å². The maximum Gasteiger partial charge on any atom is 0.309 e. The van der Waals surface area contributed by atoms with Crippen LogP contribution in [0.2, 0.25) is 0 Å². The number of carbonyl (C=O) groups is 1. The van der Waals surface area contributed by atoms with E-state index in [4.69, 9.17) is 17.0 Å². The molecule has 1 aromatic carbocycles. The Morgan fingerprint density at radius 1 is 1.32 bits per heavy atom. The predicted molar refractivity (Wildman–Crippen MR) is 93.0 cm³/mol. The van der Waals surface area contributed by atoms with Gasteiger partial charge in [0.2, 0.25) is 0 Å². The second-order valence-electron chi connectivity index (χ2n) is 5.45. The van der Waals surface area contributed by atoms with Gasteiger partial charge in [0.05, 0.1) is 12.5 Å². The number of piperidine rings is 1. The number of nitrogens with zero attached hydrogens (tertiary/aromatic N) is 1. The SMILES string of the molecule is CCOC(=O)C1CCN(C(=S)Nc2ccccc2CC)CC1. The van der Waals surface area contributed by atoms with Gasteiger partial charge in [0.25, 0.3) is 0 Å². The van der Waals surface area contributed by atoms with Gasteiger partial charge in [-0.2, -0.15) is 0 Å². The predicted octanol–water partition coefficient (Wildman–Crippen LogP) is 3.22. The lowest BCUT2D eigenvalue weighted by atomic mass is 9.97. The molecule has 1 aliphatic heterocycles. The lowest BCUT2D eigenvalue weighted by molar-refractivity contribution is -0.149. The summed E-state index contributed by atoms with van der Waals surface area (Å²) < 4.78 is 5.10. The molecule has 0 atom stereocenters. The van der Waals surface area contributed by atoms with E-state index in [2.05, 4.69) is 29.3 Å². The first-order chi connectivity index (χ1) is 10.7. The van der Waals surface area contributed by atoms with Crippen LogP contribution >= 0.6 is 12.2 Å². The van der Waals surface area contributed by atoms with Gasteiger partial charge in [-0.15, -0.1) is 0 Å². The fourth-order valence-electron chi connectivity index (χ4n) is 2.72. The number of para-hydroxylation sites is 1. The minimum absolute atomic E-state index is 0.0157. The van der Waals surface area contributed by atoms with Crippen LogP contribution in [0.4, 0.5) is 5.69 Å². The fourth-order valence-corrected chi connectivity index (χ4v) is 3.02. The zero-order valence-corrected chi connectivity index (χ0v) is 14.1. The van der Waals surface area contributed by atoms with Gasteiger partial charge in [-0.1, -0.05) is 25.1 Å². The van der Waals surface area contributed by atoms with E-state index in [9.17, 15) is 4.79 Å². The molecule has 1 aromatic rings. The molecule has 0 unspecified atom stereocenters. The monoisotopic (exact) mass is 320 g/mol. The van der Waals surface area contributed by atoms with Crippen LogP contribution < -0.4 is 5.32 Å². The Bertz CT molecular complexity index is 525. The molecule has 5 heteroatoms. The molecule has 0 aliphatic carbocycles. The summed E-state index contributed by atoms with van der Waals surface area (Å²) in [5.41, 5.74) is 2.33. The van der Waals surface area contributed by atoms with E-state index in [-0.39, 0.29) is 11.9 Å². The minimum Gasteiger partial charge on any atom is -0.466 e. The topological polar surface area (TPSA) is 41.6 Å². The van der Waals surface area contributed by atoms with Crippen LogP contribution in [0.15, 0.2) is 24.3 Å². The van der Waals surface area contributed by atoms with Gasteiger partial charge in [0.15, 0.2) is 5.11 Å². The Morgan fingerprint density at radius 3 is 2.64 bits per heavy atom. The standard InChI is InChI=1S/C17H24N2O2S/c1-3-13-7-5-6-8-15(13)18-17(22)19-11-9-14(10-12-19)16(20)21-4-2/h5-8,14H,3-4,9-12H2,1-2H3,(H,18,22). The Kier molecular flexibility index (Phi) is 6.19. The molecule has 2 rings (SSSR count). The zero-order chi connectivity index (χ0) is 15.9. The third-order valence-electron chi connectivity index (χ3n) is 4.04. The van der Waals surface area contributed by atoms with E-state index in [0.717, 1.165) is 43.2 Å². The molecule has 1 heterocycles. The highest BCUT2D eigenvalue weighted by molar-refractivity contribution is 7.80. The van der Waals surface area contributed by atoms with Crippen LogP contribution in [0.5, 0.6) is 0 Å². The first-order valence-corrected chi connectivity index (χ1v) is 8.37. The average Bonchev–Trinajstić information content (AvgIpc) is 2.55. The highest BCUT2D eigenvalue weighted by atomic mass is 32.1. The summed E-state index contributed by atoms with van der Waals surface area (Å²) >= 11 is 5.52. The summed E-state index contributed by atoms with van der Waals surface area (Å²) in [5.74, 6) is -0.0562. The van der Waals surface area contributed by atoms with Crippen LogP contribution in [0.3, 0.4) is 0 Å². The second-order valence-corrected chi connectivity index (χ2v) is 5.84. The average molecular weight is 320 g/mol. The van der Waals surface area contributed by atoms with Crippen LogP contribution in [-0.4, -0.2) is 35.7 Å². The molecule has 0 saturated carbocycles. The summed E-state index contributed by atoms with van der Waals surface area (Å²) in [6, 6.07) is 8.21. The lowest BCUT2D eigenvalue weighted by Gasteiger charge is -2.33. The first kappa shape index (κ1) is 16.7. The molecule has 1 aliphatic rings. The van der Waals surface area contributed by atoms with Crippen molar-refractivity contribution in [2.24, 2.45) is 5.92 Å². The number of carbonyl (C=O) groups excluding carboxylic acids is 1. The van der Waals surface area contributed by atoms with E-state index in [0.29, 0.717) is 6.61 Å². The van der Waals surface area contributed by atoms with Crippen LogP contribution in [0.25, 0.3) is 0 Å². The van der Waals surface area contributed by atoms with E-state index < -0.39 is 0 Å². The molecule has 120 valence electrons. The highest BCUT2D eigenvalue weighted by Gasteiger charge is 2.27. The number of anilines is 1. The first-order valence-electron chi connectivity index (χ1n) is 7.96. The van der Waals surface area contributed by atoms with Gasteiger partial charge in [-0.25, -0.2) is 0 Å². The van der Waals surface area contributed by atoms with Gasteiger partial charge < -0.3 is 15.0 Å². The molecule has 0 amide bonds. The molecular formula is C17H24N2O2S. The van der Waals surface area contributed by atoms with Crippen molar-refractivity contribution in [3.05, 3.63) is 29.8 Å². The number of rotatable bonds is 4. The molecule has 22 heavy (non-hydrogen) atoms. The quantitative estimate of drug-likeness (QED) is 0.681. The molecule has 0 bridgehead atoms. The summed E-state index contributed by atoms with van der Waals surface area (Å²) in [6.45, 7) is 6.02. The number of aryl methyl sites for hydroxylation is 1. The van der Waals surface area contributed by atoms with Crippen molar-refractivity contribution >= 4 is 29.0 Å². The normalized spacial score (nSPS) is 15.5. The Labute approximate surface area is 137 Å². The van der Waals surface area contributed by atoms with Gasteiger partial charge in [-0.3, -0.25) is 4.79 Å². The number of hydrogen-bond acceptors (Lipinski definition) is 3. The molecule has 4 nitrogen and oxygen atoms in total. The third kappa shape index (κ3) is 4.19. The maximum absolute atomic E-state index is 11.8. The van der Waals surface area contributed by atoms with Gasteiger partial charge in [0, 0.05) is 18.8 Å².